The predicted octanol–water partition coefficient (Wildman–Crippen LogP) is -1.93. The Balaban J connectivity index is 2.52. The number of hydrogen-bond acceptors (Lipinski definition) is 5. The molecule has 1 fully saturated rings. The van der Waals surface area contributed by atoms with Gasteiger partial charge in [0, 0.05) is 7.11 Å². The molecule has 0 aromatic carbocycles. The molecule has 0 aromatic heterocycles. The lowest BCUT2D eigenvalue weighted by Crippen LogP contribution is -2.53. The lowest BCUT2D eigenvalue weighted by Gasteiger charge is -2.33. The predicted molar refractivity (Wildman–Crippen MR) is 34.8 cm³/mol. The van der Waals surface area contributed by atoms with E-state index in [0.717, 1.165) is 0 Å². The van der Waals surface area contributed by atoms with Gasteiger partial charge in [-0.2, -0.15) is 0 Å². The summed E-state index contributed by atoms with van der Waals surface area (Å²) in [6.07, 6.45) is -4.23. The van der Waals surface area contributed by atoms with Gasteiger partial charge in [0.05, 0.1) is 6.61 Å². The summed E-state index contributed by atoms with van der Waals surface area (Å²) in [4.78, 5) is 0. The number of rotatable bonds is 1. The minimum atomic E-state index is -1.19. The van der Waals surface area contributed by atoms with Crippen LogP contribution in [0.3, 0.4) is 0 Å². The zero-order valence-corrected chi connectivity index (χ0v) is 6.17. The van der Waals surface area contributed by atoms with Crippen molar-refractivity contribution in [2.24, 2.45) is 0 Å². The van der Waals surface area contributed by atoms with Gasteiger partial charge in [-0.05, 0) is 0 Å². The molecule has 1 unspecified atom stereocenters. The maximum Gasteiger partial charge on any atom is 0.185 e. The van der Waals surface area contributed by atoms with Crippen molar-refractivity contribution < 1.29 is 24.8 Å². The molecule has 4 atom stereocenters. The van der Waals surface area contributed by atoms with Crippen molar-refractivity contribution >= 4 is 0 Å². The van der Waals surface area contributed by atoms with Gasteiger partial charge < -0.3 is 24.8 Å². The molecule has 0 aromatic rings. The normalized spacial score (nSPS) is 45.8. The van der Waals surface area contributed by atoms with Crippen LogP contribution in [0.4, 0.5) is 0 Å². The Kier molecular flexibility index (Phi) is 2.80. The quantitative estimate of drug-likeness (QED) is 0.420. The first-order chi connectivity index (χ1) is 5.16. The molecule has 1 aliphatic rings. The van der Waals surface area contributed by atoms with E-state index in [1.807, 2.05) is 0 Å². The summed E-state index contributed by atoms with van der Waals surface area (Å²) >= 11 is 0. The summed E-state index contributed by atoms with van der Waals surface area (Å²) in [5.74, 6) is 0. The first-order valence-electron chi connectivity index (χ1n) is 3.35. The lowest BCUT2D eigenvalue weighted by molar-refractivity contribution is -0.261. The van der Waals surface area contributed by atoms with Gasteiger partial charge >= 0.3 is 0 Å². The first-order valence-corrected chi connectivity index (χ1v) is 3.35. The Morgan fingerprint density at radius 3 is 2.45 bits per heavy atom. The van der Waals surface area contributed by atoms with Gasteiger partial charge in [-0.3, -0.25) is 0 Å². The van der Waals surface area contributed by atoms with Gasteiger partial charge in [-0.15, -0.1) is 0 Å². The van der Waals surface area contributed by atoms with Crippen molar-refractivity contribution in [3.8, 4) is 0 Å². The topological polar surface area (TPSA) is 79.2 Å². The van der Waals surface area contributed by atoms with Crippen LogP contribution < -0.4 is 0 Å². The molecule has 0 aliphatic carbocycles. The molecule has 1 heterocycles. The Labute approximate surface area is 64.2 Å². The highest BCUT2D eigenvalue weighted by Crippen LogP contribution is 2.15. The highest BCUT2D eigenvalue weighted by atomic mass is 16.7. The third-order valence-corrected chi connectivity index (χ3v) is 1.69. The van der Waals surface area contributed by atoms with E-state index >= 15 is 0 Å². The molecule has 1 aliphatic heterocycles. The Bertz CT molecular complexity index is 126. The van der Waals surface area contributed by atoms with Crippen molar-refractivity contribution in [3.05, 3.63) is 0 Å². The average molecular weight is 164 g/mol. The number of ether oxygens (including phenoxy) is 2. The minimum Gasteiger partial charge on any atom is -0.388 e. The smallest absolute Gasteiger partial charge is 0.185 e. The van der Waals surface area contributed by atoms with Gasteiger partial charge in [0.15, 0.2) is 6.29 Å². The zero-order valence-electron chi connectivity index (χ0n) is 6.17. The molecule has 0 radical (unpaired) electrons. The van der Waals surface area contributed by atoms with Crippen LogP contribution in [0.1, 0.15) is 0 Å². The summed E-state index contributed by atoms with van der Waals surface area (Å²) in [5.41, 5.74) is 0. The molecule has 11 heavy (non-hydrogen) atoms. The number of aliphatic hydroxyl groups excluding tert-OH is 3. The van der Waals surface area contributed by atoms with E-state index in [-0.39, 0.29) is 6.61 Å². The summed E-state index contributed by atoms with van der Waals surface area (Å²) < 4.78 is 9.52. The molecule has 0 bridgehead atoms. The van der Waals surface area contributed by atoms with Crippen LogP contribution in [-0.4, -0.2) is 53.6 Å². The molecule has 5 heteroatoms. The van der Waals surface area contributed by atoms with Gasteiger partial charge in [-0.25, -0.2) is 0 Å². The van der Waals surface area contributed by atoms with E-state index in [1.54, 1.807) is 0 Å². The van der Waals surface area contributed by atoms with E-state index in [1.165, 1.54) is 7.11 Å². The van der Waals surface area contributed by atoms with E-state index in [0.29, 0.717) is 0 Å². The van der Waals surface area contributed by atoms with Crippen LogP contribution in [-0.2, 0) is 9.47 Å². The van der Waals surface area contributed by atoms with E-state index in [4.69, 9.17) is 20.1 Å². The van der Waals surface area contributed by atoms with Crippen LogP contribution in [0.2, 0.25) is 0 Å². The second-order valence-electron chi connectivity index (χ2n) is 2.49. The maximum absolute atomic E-state index is 9.15. The van der Waals surface area contributed by atoms with Gasteiger partial charge in [0.25, 0.3) is 0 Å². The Morgan fingerprint density at radius 2 is 1.91 bits per heavy atom. The molecular weight excluding hydrogens is 152 g/mol. The van der Waals surface area contributed by atoms with Crippen molar-refractivity contribution in [1.29, 1.82) is 0 Å². The minimum absolute atomic E-state index is 0.0171. The summed E-state index contributed by atoms with van der Waals surface area (Å²) in [7, 11) is 1.36. The largest absolute Gasteiger partial charge is 0.388 e. The molecule has 5 nitrogen and oxygen atoms in total. The Morgan fingerprint density at radius 1 is 1.27 bits per heavy atom. The average Bonchev–Trinajstić information content (AvgIpc) is 2.01. The fourth-order valence-corrected chi connectivity index (χ4v) is 0.987. The first kappa shape index (κ1) is 8.89. The second kappa shape index (κ2) is 3.46. The van der Waals surface area contributed by atoms with Gasteiger partial charge in [0.2, 0.25) is 0 Å². The molecule has 66 valence electrons. The molecule has 0 saturated carbocycles. The molecule has 1 saturated heterocycles. The molecular formula is C6H12O5. The van der Waals surface area contributed by atoms with E-state index in [9.17, 15) is 0 Å². The fourth-order valence-electron chi connectivity index (χ4n) is 0.987. The van der Waals surface area contributed by atoms with Crippen molar-refractivity contribution in [1.82, 2.24) is 0 Å². The summed E-state index contributed by atoms with van der Waals surface area (Å²) in [6.45, 7) is -0.0171. The SMILES string of the molecule is CO[C@H]1OC[C@H](O)[C@@H](O)C1O. The van der Waals surface area contributed by atoms with Crippen LogP contribution in [0.5, 0.6) is 0 Å². The van der Waals surface area contributed by atoms with E-state index < -0.39 is 24.6 Å². The second-order valence-corrected chi connectivity index (χ2v) is 2.49. The molecule has 1 rings (SSSR count). The summed E-state index contributed by atoms with van der Waals surface area (Å²) in [5, 5.41) is 27.2. The lowest BCUT2D eigenvalue weighted by atomic mass is 10.1. The van der Waals surface area contributed by atoms with Crippen LogP contribution >= 0.6 is 0 Å². The number of hydrogen-bond donors (Lipinski definition) is 3. The third-order valence-electron chi connectivity index (χ3n) is 1.69. The van der Waals surface area contributed by atoms with Crippen molar-refractivity contribution in [2.45, 2.75) is 24.6 Å². The molecule has 3 N–H and O–H groups in total. The fraction of sp³-hybridized carbons (Fsp3) is 1.00. The van der Waals surface area contributed by atoms with Crippen LogP contribution in [0.25, 0.3) is 0 Å². The van der Waals surface area contributed by atoms with E-state index in [2.05, 4.69) is 4.74 Å². The monoisotopic (exact) mass is 164 g/mol. The standard InChI is InChI=1S/C6H12O5/c1-10-6-5(9)4(8)3(7)2-11-6/h3-9H,2H2,1H3/t3-,4+,5?,6-/m0/s1. The zero-order chi connectivity index (χ0) is 8.43. The highest BCUT2D eigenvalue weighted by molar-refractivity contribution is 4.81. The molecule has 0 spiro atoms. The van der Waals surface area contributed by atoms with Gasteiger partial charge in [0.1, 0.15) is 18.3 Å². The maximum atomic E-state index is 9.15. The van der Waals surface area contributed by atoms with Crippen molar-refractivity contribution in [2.75, 3.05) is 13.7 Å². The van der Waals surface area contributed by atoms with Crippen LogP contribution in [0, 0.1) is 0 Å². The molecule has 0 amide bonds. The highest BCUT2D eigenvalue weighted by Gasteiger charge is 2.37. The van der Waals surface area contributed by atoms with Gasteiger partial charge in [-0.1, -0.05) is 0 Å². The third kappa shape index (κ3) is 1.69. The summed E-state index contributed by atoms with van der Waals surface area (Å²) in [6, 6.07) is 0. The number of aliphatic hydroxyl groups is 3. The van der Waals surface area contributed by atoms with Crippen molar-refractivity contribution in [3.63, 3.8) is 0 Å². The Hall–Kier alpha value is -0.200. The van der Waals surface area contributed by atoms with Crippen LogP contribution in [0.15, 0.2) is 0 Å². The number of methoxy groups -OCH3 is 1.